The topological polar surface area (TPSA) is 42.8 Å². The number of nitrogens with one attached hydrogen (secondary N) is 1. The summed E-state index contributed by atoms with van der Waals surface area (Å²) in [6.07, 6.45) is -4.07. The van der Waals surface area contributed by atoms with Gasteiger partial charge in [-0.1, -0.05) is 13.3 Å². The fourth-order valence-corrected chi connectivity index (χ4v) is 2.60. The lowest BCUT2D eigenvalue weighted by Gasteiger charge is -2.27. The Bertz CT molecular complexity index is 682. The highest BCUT2D eigenvalue weighted by molar-refractivity contribution is 14.1. The quantitative estimate of drug-likeness (QED) is 0.107. The van der Waals surface area contributed by atoms with Gasteiger partial charge < -0.3 is 9.47 Å². The number of hydrogen-bond acceptors (Lipinski definition) is 4. The summed E-state index contributed by atoms with van der Waals surface area (Å²) in [5, 5.41) is 2.84. The van der Waals surface area contributed by atoms with Gasteiger partial charge in [0.15, 0.2) is 11.5 Å². The van der Waals surface area contributed by atoms with Crippen molar-refractivity contribution in [1.82, 2.24) is 5.43 Å². The van der Waals surface area contributed by atoms with Gasteiger partial charge in [0.2, 0.25) is 0 Å². The number of hydrazone groups is 1. The van der Waals surface area contributed by atoms with Gasteiger partial charge in [-0.2, -0.15) is 35.8 Å². The highest BCUT2D eigenvalue weighted by Crippen LogP contribution is 2.45. The molecule has 1 rings (SSSR count). The Kier molecular flexibility index (Phi) is 8.63. The van der Waals surface area contributed by atoms with E-state index in [0.29, 0.717) is 27.6 Å². The first-order valence-electron chi connectivity index (χ1n) is 8.09. The second-order valence-electron chi connectivity index (χ2n) is 5.48. The summed E-state index contributed by atoms with van der Waals surface area (Å²) in [7, 11) is 0. The minimum Gasteiger partial charge on any atom is -0.490 e. The van der Waals surface area contributed by atoms with Crippen molar-refractivity contribution in [3.05, 3.63) is 21.3 Å². The van der Waals surface area contributed by atoms with Crippen molar-refractivity contribution in [2.24, 2.45) is 5.10 Å². The van der Waals surface area contributed by atoms with Crippen LogP contribution in [0.25, 0.3) is 0 Å². The Labute approximate surface area is 170 Å². The molecular weight excluding hydrogens is 512 g/mol. The molecule has 0 saturated carbocycles. The van der Waals surface area contributed by atoms with E-state index < -0.39 is 18.1 Å². The van der Waals surface area contributed by atoms with Gasteiger partial charge in [-0.25, -0.2) is 5.43 Å². The molecule has 1 N–H and O–H groups in total. The molecule has 0 heterocycles. The van der Waals surface area contributed by atoms with Crippen LogP contribution in [0.4, 0.5) is 30.7 Å². The molecule has 1 aromatic carbocycles. The highest BCUT2D eigenvalue weighted by atomic mass is 127. The number of alkyl halides is 7. The first-order chi connectivity index (χ1) is 12.9. The standard InChI is InChI=1S/C16H18F7IN2O2/c1-3-5-6-28-13-11(24)7-10(8-12(13)27-4-2)9-25-26-16(22,23)14(17,18)15(19,20)21/h7-9,26H,3-6H2,1-2H3/b25-9-. The van der Waals surface area contributed by atoms with E-state index >= 15 is 0 Å². The van der Waals surface area contributed by atoms with Crippen molar-refractivity contribution < 1.29 is 40.2 Å². The van der Waals surface area contributed by atoms with Gasteiger partial charge in [-0.15, -0.1) is 0 Å². The summed E-state index contributed by atoms with van der Waals surface area (Å²) in [6.45, 7) is 4.35. The molecule has 0 unspecified atom stereocenters. The van der Waals surface area contributed by atoms with Crippen molar-refractivity contribution in [3.63, 3.8) is 0 Å². The second kappa shape index (κ2) is 9.83. The molecule has 4 nitrogen and oxygen atoms in total. The molecule has 0 aliphatic rings. The zero-order valence-corrected chi connectivity index (χ0v) is 17.0. The van der Waals surface area contributed by atoms with E-state index in [0.717, 1.165) is 12.8 Å². The van der Waals surface area contributed by atoms with Crippen LogP contribution in [-0.2, 0) is 0 Å². The molecule has 0 radical (unpaired) electrons. The lowest BCUT2D eigenvalue weighted by Crippen LogP contribution is -2.58. The maximum absolute atomic E-state index is 13.2. The minimum absolute atomic E-state index is 0.134. The number of unbranched alkanes of at least 4 members (excludes halogenated alkanes) is 1. The first-order valence-corrected chi connectivity index (χ1v) is 9.17. The zero-order valence-electron chi connectivity index (χ0n) is 14.8. The number of hydrogen-bond donors (Lipinski definition) is 1. The van der Waals surface area contributed by atoms with E-state index in [2.05, 4.69) is 5.10 Å². The van der Waals surface area contributed by atoms with E-state index in [-0.39, 0.29) is 17.9 Å². The minimum atomic E-state index is -6.44. The van der Waals surface area contributed by atoms with Crippen molar-refractivity contribution in [2.75, 3.05) is 13.2 Å². The maximum atomic E-state index is 13.2. The van der Waals surface area contributed by atoms with Gasteiger partial charge in [0.1, 0.15) is 0 Å². The summed E-state index contributed by atoms with van der Waals surface area (Å²) < 4.78 is 99.8. The third-order valence-corrected chi connectivity index (χ3v) is 4.05. The van der Waals surface area contributed by atoms with Gasteiger partial charge in [0, 0.05) is 0 Å². The Morgan fingerprint density at radius 2 is 1.71 bits per heavy atom. The summed E-state index contributed by atoms with van der Waals surface area (Å²) in [4.78, 5) is 0. The molecule has 160 valence electrons. The summed E-state index contributed by atoms with van der Waals surface area (Å²) in [5.74, 6) is -5.62. The molecular formula is C16H18F7IN2O2. The number of halogens is 8. The van der Waals surface area contributed by atoms with Gasteiger partial charge in [-0.05, 0) is 53.6 Å². The van der Waals surface area contributed by atoms with Crippen molar-refractivity contribution >= 4 is 28.8 Å². The third kappa shape index (κ3) is 6.01. The third-order valence-electron chi connectivity index (χ3n) is 3.24. The molecule has 0 amide bonds. The highest BCUT2D eigenvalue weighted by Gasteiger charge is 2.73. The largest absolute Gasteiger partial charge is 0.490 e. The van der Waals surface area contributed by atoms with Crippen LogP contribution in [0.15, 0.2) is 17.2 Å². The van der Waals surface area contributed by atoms with Gasteiger partial charge in [-0.3, -0.25) is 0 Å². The molecule has 0 fully saturated rings. The molecule has 12 heteroatoms. The van der Waals surface area contributed by atoms with E-state index in [1.165, 1.54) is 12.1 Å². The molecule has 0 atom stereocenters. The second-order valence-corrected chi connectivity index (χ2v) is 6.64. The van der Waals surface area contributed by atoms with Crippen LogP contribution in [0.1, 0.15) is 32.3 Å². The molecule has 0 aliphatic heterocycles. The van der Waals surface area contributed by atoms with Crippen LogP contribution < -0.4 is 14.9 Å². The van der Waals surface area contributed by atoms with E-state index in [9.17, 15) is 30.7 Å². The fraction of sp³-hybridized carbons (Fsp3) is 0.562. The molecule has 0 bridgehead atoms. The number of nitrogens with zero attached hydrogens (tertiary/aromatic N) is 1. The van der Waals surface area contributed by atoms with Gasteiger partial charge in [0.05, 0.1) is 23.0 Å². The lowest BCUT2D eigenvalue weighted by molar-refractivity contribution is -0.361. The van der Waals surface area contributed by atoms with Crippen LogP contribution in [0, 0.1) is 3.57 Å². The van der Waals surface area contributed by atoms with Crippen LogP contribution >= 0.6 is 22.6 Å². The predicted molar refractivity (Wildman–Crippen MR) is 97.4 cm³/mol. The average Bonchev–Trinajstić information content (AvgIpc) is 2.56. The molecule has 28 heavy (non-hydrogen) atoms. The van der Waals surface area contributed by atoms with Gasteiger partial charge >= 0.3 is 18.1 Å². The monoisotopic (exact) mass is 530 g/mol. The van der Waals surface area contributed by atoms with E-state index in [1.807, 2.05) is 29.5 Å². The van der Waals surface area contributed by atoms with Crippen molar-refractivity contribution in [2.45, 2.75) is 44.8 Å². The smallest absolute Gasteiger partial charge is 0.462 e. The molecule has 0 saturated heterocycles. The Morgan fingerprint density at radius 1 is 1.07 bits per heavy atom. The van der Waals surface area contributed by atoms with Crippen LogP contribution in [0.2, 0.25) is 0 Å². The number of ether oxygens (including phenoxy) is 2. The average molecular weight is 530 g/mol. The van der Waals surface area contributed by atoms with Crippen LogP contribution in [-0.4, -0.2) is 37.6 Å². The van der Waals surface area contributed by atoms with Crippen molar-refractivity contribution in [3.8, 4) is 11.5 Å². The molecule has 0 aromatic heterocycles. The molecule has 0 spiro atoms. The van der Waals surface area contributed by atoms with E-state index in [1.54, 1.807) is 6.92 Å². The molecule has 1 aromatic rings. The summed E-state index contributed by atoms with van der Waals surface area (Å²) >= 11 is 1.89. The Balaban J connectivity index is 3.02. The van der Waals surface area contributed by atoms with Crippen LogP contribution in [0.3, 0.4) is 0 Å². The van der Waals surface area contributed by atoms with Gasteiger partial charge in [0.25, 0.3) is 0 Å². The Morgan fingerprint density at radius 3 is 2.25 bits per heavy atom. The zero-order chi connectivity index (χ0) is 21.6. The number of benzene rings is 1. The summed E-state index contributed by atoms with van der Waals surface area (Å²) in [5.41, 5.74) is 0.707. The van der Waals surface area contributed by atoms with Crippen molar-refractivity contribution in [1.29, 1.82) is 0 Å². The van der Waals surface area contributed by atoms with Crippen LogP contribution in [0.5, 0.6) is 11.5 Å². The Hall–Kier alpha value is -1.47. The normalized spacial score (nSPS) is 13.1. The predicted octanol–water partition coefficient (Wildman–Crippen LogP) is 5.58. The maximum Gasteiger partial charge on any atom is 0.462 e. The molecule has 0 aliphatic carbocycles. The lowest BCUT2D eigenvalue weighted by atomic mass is 10.2. The summed E-state index contributed by atoms with van der Waals surface area (Å²) in [6, 6.07) is -2.85. The SMILES string of the molecule is CCCCOc1c(I)cc(/C=N\NC(F)(F)C(F)(F)C(F)(F)F)cc1OCC. The van der Waals surface area contributed by atoms with E-state index in [4.69, 9.17) is 9.47 Å². The number of rotatable bonds is 10. The fourth-order valence-electron chi connectivity index (χ4n) is 1.82. The first kappa shape index (κ1) is 24.6.